The summed E-state index contributed by atoms with van der Waals surface area (Å²) in [6.07, 6.45) is 4.81. The Kier molecular flexibility index (Phi) is 6.11. The molecule has 7 nitrogen and oxygen atoms in total. The predicted octanol–water partition coefficient (Wildman–Crippen LogP) is 1.43. The van der Waals surface area contributed by atoms with E-state index in [-0.39, 0.29) is 29.8 Å². The van der Waals surface area contributed by atoms with Gasteiger partial charge in [0.05, 0.1) is 0 Å². The summed E-state index contributed by atoms with van der Waals surface area (Å²) >= 11 is 0. The van der Waals surface area contributed by atoms with Crippen molar-refractivity contribution >= 4 is 17.8 Å². The molecule has 1 fully saturated rings. The molecule has 2 heterocycles. The molecule has 2 rings (SSSR count). The predicted molar refractivity (Wildman–Crippen MR) is 92.3 cm³/mol. The van der Waals surface area contributed by atoms with E-state index in [9.17, 15) is 9.59 Å². The molecule has 0 spiro atoms. The van der Waals surface area contributed by atoms with Crippen molar-refractivity contribution in [3.8, 4) is 0 Å². The SMILES string of the molecule is CC(C)NC(=O)C1CCCN1C(=O)C(Nc1ncccn1)C(C)C. The second-order valence-corrected chi connectivity index (χ2v) is 6.79. The highest BCUT2D eigenvalue weighted by atomic mass is 16.2. The minimum absolute atomic E-state index is 0.0516. The van der Waals surface area contributed by atoms with Crippen LogP contribution in [0.1, 0.15) is 40.5 Å². The number of anilines is 1. The van der Waals surface area contributed by atoms with Gasteiger partial charge < -0.3 is 15.5 Å². The molecule has 0 radical (unpaired) electrons. The number of nitrogens with one attached hydrogen (secondary N) is 2. The van der Waals surface area contributed by atoms with Crippen LogP contribution in [0.15, 0.2) is 18.5 Å². The fourth-order valence-electron chi connectivity index (χ4n) is 2.89. The lowest BCUT2D eigenvalue weighted by Gasteiger charge is -2.30. The van der Waals surface area contributed by atoms with E-state index in [0.717, 1.165) is 6.42 Å². The van der Waals surface area contributed by atoms with Gasteiger partial charge in [-0.3, -0.25) is 9.59 Å². The quantitative estimate of drug-likeness (QED) is 0.822. The van der Waals surface area contributed by atoms with Crippen LogP contribution in [0.5, 0.6) is 0 Å². The van der Waals surface area contributed by atoms with Crippen molar-refractivity contribution in [2.75, 3.05) is 11.9 Å². The number of carbonyl (C=O) groups excluding carboxylic acids is 2. The summed E-state index contributed by atoms with van der Waals surface area (Å²) in [7, 11) is 0. The Morgan fingerprint density at radius 1 is 1.21 bits per heavy atom. The smallest absolute Gasteiger partial charge is 0.246 e. The highest BCUT2D eigenvalue weighted by Gasteiger charge is 2.38. The number of hydrogen-bond donors (Lipinski definition) is 2. The van der Waals surface area contributed by atoms with Gasteiger partial charge in [0.1, 0.15) is 12.1 Å². The highest BCUT2D eigenvalue weighted by molar-refractivity contribution is 5.91. The van der Waals surface area contributed by atoms with Gasteiger partial charge in [-0.25, -0.2) is 9.97 Å². The van der Waals surface area contributed by atoms with Crippen LogP contribution in [0.4, 0.5) is 5.95 Å². The number of nitrogens with zero attached hydrogens (tertiary/aromatic N) is 3. The Hall–Kier alpha value is -2.18. The van der Waals surface area contributed by atoms with Crippen LogP contribution in [-0.2, 0) is 9.59 Å². The first kappa shape index (κ1) is 18.2. The van der Waals surface area contributed by atoms with Gasteiger partial charge >= 0.3 is 0 Å². The van der Waals surface area contributed by atoms with Gasteiger partial charge in [0.15, 0.2) is 0 Å². The molecule has 2 atom stereocenters. The monoisotopic (exact) mass is 333 g/mol. The second kappa shape index (κ2) is 8.08. The third-order valence-electron chi connectivity index (χ3n) is 4.05. The minimum Gasteiger partial charge on any atom is -0.352 e. The number of carbonyl (C=O) groups is 2. The van der Waals surface area contributed by atoms with Crippen molar-refractivity contribution < 1.29 is 9.59 Å². The lowest BCUT2D eigenvalue weighted by Crippen LogP contribution is -2.53. The van der Waals surface area contributed by atoms with Crippen molar-refractivity contribution in [1.29, 1.82) is 0 Å². The van der Waals surface area contributed by atoms with Gasteiger partial charge in [0.25, 0.3) is 0 Å². The normalized spacial score (nSPS) is 18.8. The topological polar surface area (TPSA) is 87.2 Å². The summed E-state index contributed by atoms with van der Waals surface area (Å²) in [5, 5.41) is 6.02. The Bertz CT molecular complexity index is 561. The first-order chi connectivity index (χ1) is 11.4. The van der Waals surface area contributed by atoms with Gasteiger partial charge in [0.2, 0.25) is 17.8 Å². The molecule has 1 saturated heterocycles. The minimum atomic E-state index is -0.458. The molecule has 2 amide bonds. The summed E-state index contributed by atoms with van der Waals surface area (Å²) in [6, 6.07) is 0.940. The molecule has 1 aliphatic rings. The maximum Gasteiger partial charge on any atom is 0.246 e. The average Bonchev–Trinajstić information content (AvgIpc) is 3.01. The zero-order valence-corrected chi connectivity index (χ0v) is 14.8. The summed E-state index contributed by atoms with van der Waals surface area (Å²) in [5.41, 5.74) is 0. The first-order valence-electron chi connectivity index (χ1n) is 8.54. The summed E-state index contributed by atoms with van der Waals surface area (Å²) in [4.78, 5) is 35.3. The average molecular weight is 333 g/mol. The fraction of sp³-hybridized carbons (Fsp3) is 0.647. The lowest BCUT2D eigenvalue weighted by molar-refractivity contribution is -0.139. The van der Waals surface area contributed by atoms with Crippen molar-refractivity contribution in [1.82, 2.24) is 20.2 Å². The fourth-order valence-corrected chi connectivity index (χ4v) is 2.89. The molecular formula is C17H27N5O2. The number of amides is 2. The van der Waals surface area contributed by atoms with Crippen LogP contribution in [0.3, 0.4) is 0 Å². The second-order valence-electron chi connectivity index (χ2n) is 6.79. The molecule has 0 saturated carbocycles. The van der Waals surface area contributed by atoms with E-state index in [1.165, 1.54) is 0 Å². The van der Waals surface area contributed by atoms with Crippen LogP contribution in [-0.4, -0.2) is 51.4 Å². The van der Waals surface area contributed by atoms with Crippen molar-refractivity contribution in [3.63, 3.8) is 0 Å². The largest absolute Gasteiger partial charge is 0.352 e. The Morgan fingerprint density at radius 3 is 2.46 bits per heavy atom. The van der Waals surface area contributed by atoms with Gasteiger partial charge in [-0.2, -0.15) is 0 Å². The Labute approximate surface area is 143 Å². The standard InChI is InChI=1S/C17H27N5O2/c1-11(2)14(21-17-18-8-6-9-19-17)16(24)22-10-5-7-13(22)15(23)20-12(3)4/h6,8-9,11-14H,5,7,10H2,1-4H3,(H,20,23)(H,18,19,21). The summed E-state index contributed by atoms with van der Waals surface area (Å²) in [6.45, 7) is 8.39. The van der Waals surface area contributed by atoms with E-state index in [2.05, 4.69) is 20.6 Å². The molecule has 1 aromatic heterocycles. The molecule has 1 aromatic rings. The zero-order valence-electron chi connectivity index (χ0n) is 14.8. The van der Waals surface area contributed by atoms with Gasteiger partial charge in [0, 0.05) is 25.0 Å². The molecule has 24 heavy (non-hydrogen) atoms. The van der Waals surface area contributed by atoms with E-state index < -0.39 is 6.04 Å². The maximum atomic E-state index is 13.0. The number of aromatic nitrogens is 2. The van der Waals surface area contributed by atoms with Crippen LogP contribution >= 0.6 is 0 Å². The van der Waals surface area contributed by atoms with E-state index in [0.29, 0.717) is 18.9 Å². The first-order valence-corrected chi connectivity index (χ1v) is 8.54. The Morgan fingerprint density at radius 2 is 1.88 bits per heavy atom. The highest BCUT2D eigenvalue weighted by Crippen LogP contribution is 2.21. The van der Waals surface area contributed by atoms with Crippen LogP contribution < -0.4 is 10.6 Å². The van der Waals surface area contributed by atoms with Gasteiger partial charge in [-0.15, -0.1) is 0 Å². The van der Waals surface area contributed by atoms with Crippen molar-refractivity contribution in [2.45, 2.75) is 58.7 Å². The van der Waals surface area contributed by atoms with E-state index in [1.807, 2.05) is 27.7 Å². The zero-order chi connectivity index (χ0) is 17.7. The molecule has 7 heteroatoms. The molecule has 0 aromatic carbocycles. The van der Waals surface area contributed by atoms with Crippen molar-refractivity contribution in [2.24, 2.45) is 5.92 Å². The molecular weight excluding hydrogens is 306 g/mol. The molecule has 0 aliphatic carbocycles. The molecule has 1 aliphatic heterocycles. The molecule has 2 N–H and O–H groups in total. The van der Waals surface area contributed by atoms with E-state index >= 15 is 0 Å². The molecule has 0 bridgehead atoms. The van der Waals surface area contributed by atoms with Crippen molar-refractivity contribution in [3.05, 3.63) is 18.5 Å². The van der Waals surface area contributed by atoms with E-state index in [4.69, 9.17) is 0 Å². The van der Waals surface area contributed by atoms with Crippen LogP contribution in [0, 0.1) is 5.92 Å². The third kappa shape index (κ3) is 4.43. The molecule has 132 valence electrons. The molecule has 2 unspecified atom stereocenters. The summed E-state index contributed by atoms with van der Waals surface area (Å²) < 4.78 is 0. The number of rotatable bonds is 6. The van der Waals surface area contributed by atoms with Crippen LogP contribution in [0.25, 0.3) is 0 Å². The third-order valence-corrected chi connectivity index (χ3v) is 4.05. The number of likely N-dealkylation sites (tertiary alicyclic amines) is 1. The van der Waals surface area contributed by atoms with Gasteiger partial charge in [-0.1, -0.05) is 13.8 Å². The van der Waals surface area contributed by atoms with Crippen LogP contribution in [0.2, 0.25) is 0 Å². The maximum absolute atomic E-state index is 13.0. The lowest BCUT2D eigenvalue weighted by atomic mass is 10.0. The summed E-state index contributed by atoms with van der Waals surface area (Å²) in [5.74, 6) is 0.329. The number of hydrogen-bond acceptors (Lipinski definition) is 5. The van der Waals surface area contributed by atoms with E-state index in [1.54, 1.807) is 23.4 Å². The van der Waals surface area contributed by atoms with Gasteiger partial charge in [-0.05, 0) is 38.7 Å². The Balaban J connectivity index is 2.12.